The molecule has 2 heterocycles. The van der Waals surface area contributed by atoms with Gasteiger partial charge >= 0.3 is 0 Å². The minimum Gasteiger partial charge on any atom is -0.384 e. The SMILES string of the molecule is CS.Cc1cnc(Cc2ccc(F)c(Cl)c2)[nH]1.Cc1nc(N)ccc1C#N. The number of aromatic nitrogens is 3. The second-order valence-corrected chi connectivity index (χ2v) is 5.83. The van der Waals surface area contributed by atoms with Crippen molar-refractivity contribution < 1.29 is 4.39 Å². The normalized spacial score (nSPS) is 9.37. The zero-order valence-corrected chi connectivity index (χ0v) is 16.9. The van der Waals surface area contributed by atoms with Crippen LogP contribution in [-0.2, 0) is 6.42 Å². The number of nitrogens with zero attached hydrogens (tertiary/aromatic N) is 3. The van der Waals surface area contributed by atoms with Crippen LogP contribution in [0.15, 0.2) is 36.5 Å². The smallest absolute Gasteiger partial charge is 0.141 e. The van der Waals surface area contributed by atoms with Crippen LogP contribution in [0.4, 0.5) is 10.2 Å². The summed E-state index contributed by atoms with van der Waals surface area (Å²) in [4.78, 5) is 11.2. The second-order valence-electron chi connectivity index (χ2n) is 5.42. The van der Waals surface area contributed by atoms with Crippen molar-refractivity contribution in [1.82, 2.24) is 15.0 Å². The molecule has 0 radical (unpaired) electrons. The maximum absolute atomic E-state index is 12.9. The van der Waals surface area contributed by atoms with Crippen LogP contribution in [-0.4, -0.2) is 21.2 Å². The highest BCUT2D eigenvalue weighted by molar-refractivity contribution is 7.79. The highest BCUT2D eigenvalue weighted by Crippen LogP contribution is 2.17. The molecule has 0 aliphatic carbocycles. The third-order valence-electron chi connectivity index (χ3n) is 3.34. The monoisotopic (exact) mass is 405 g/mol. The minimum absolute atomic E-state index is 0.149. The van der Waals surface area contributed by atoms with Crippen molar-refractivity contribution in [1.29, 1.82) is 5.26 Å². The van der Waals surface area contributed by atoms with Gasteiger partial charge in [0.1, 0.15) is 23.5 Å². The summed E-state index contributed by atoms with van der Waals surface area (Å²) >= 11 is 9.21. The maximum Gasteiger partial charge on any atom is 0.141 e. The molecule has 0 bridgehead atoms. The predicted octanol–water partition coefficient (Wildman–Crippen LogP) is 4.49. The topological polar surface area (TPSA) is 91.4 Å². The number of pyridine rings is 1. The molecule has 0 aliphatic rings. The van der Waals surface area contributed by atoms with Crippen LogP contribution >= 0.6 is 24.2 Å². The number of nitriles is 1. The summed E-state index contributed by atoms with van der Waals surface area (Å²) in [6.45, 7) is 3.70. The van der Waals surface area contributed by atoms with Gasteiger partial charge in [0.25, 0.3) is 0 Å². The number of nitrogen functional groups attached to an aromatic ring is 1. The summed E-state index contributed by atoms with van der Waals surface area (Å²) in [5.41, 5.74) is 8.58. The number of hydrogen-bond donors (Lipinski definition) is 3. The van der Waals surface area contributed by atoms with Crippen molar-refractivity contribution in [2.45, 2.75) is 20.3 Å². The quantitative estimate of drug-likeness (QED) is 0.547. The van der Waals surface area contributed by atoms with Gasteiger partial charge in [0, 0.05) is 18.3 Å². The molecule has 0 fully saturated rings. The van der Waals surface area contributed by atoms with Crippen molar-refractivity contribution in [2.24, 2.45) is 0 Å². The van der Waals surface area contributed by atoms with Gasteiger partial charge in [-0.1, -0.05) is 17.7 Å². The lowest BCUT2D eigenvalue weighted by Gasteiger charge is -2.00. The molecule has 3 aromatic rings. The van der Waals surface area contributed by atoms with Crippen molar-refractivity contribution in [3.8, 4) is 6.07 Å². The number of imidazole rings is 1. The first kappa shape index (κ1) is 22.5. The molecule has 0 unspecified atom stereocenters. The number of rotatable bonds is 2. The van der Waals surface area contributed by atoms with E-state index in [0.29, 0.717) is 23.5 Å². The minimum atomic E-state index is -0.393. The molecule has 27 heavy (non-hydrogen) atoms. The van der Waals surface area contributed by atoms with Gasteiger partial charge in [-0.3, -0.25) is 0 Å². The van der Waals surface area contributed by atoms with E-state index in [9.17, 15) is 4.39 Å². The molecule has 0 saturated heterocycles. The van der Waals surface area contributed by atoms with E-state index >= 15 is 0 Å². The molecule has 0 amide bonds. The molecule has 8 heteroatoms. The second kappa shape index (κ2) is 11.2. The van der Waals surface area contributed by atoms with Crippen LogP contribution < -0.4 is 5.73 Å². The largest absolute Gasteiger partial charge is 0.384 e. The summed E-state index contributed by atoms with van der Waals surface area (Å²) in [5.74, 6) is 0.919. The highest BCUT2D eigenvalue weighted by atomic mass is 35.5. The number of anilines is 1. The third kappa shape index (κ3) is 7.29. The first-order valence-corrected chi connectivity index (χ1v) is 9.18. The lowest BCUT2D eigenvalue weighted by atomic mass is 10.1. The van der Waals surface area contributed by atoms with Gasteiger partial charge in [0.15, 0.2) is 0 Å². The number of nitrogens with two attached hydrogens (primary N) is 1. The number of H-pyrrole nitrogens is 1. The van der Waals surface area contributed by atoms with Crippen LogP contribution in [0.2, 0.25) is 5.02 Å². The summed E-state index contributed by atoms with van der Waals surface area (Å²) in [6.07, 6.45) is 4.09. The van der Waals surface area contributed by atoms with E-state index in [4.69, 9.17) is 22.6 Å². The Balaban J connectivity index is 0.000000265. The molecular weight excluding hydrogens is 385 g/mol. The summed E-state index contributed by atoms with van der Waals surface area (Å²) < 4.78 is 12.9. The van der Waals surface area contributed by atoms with E-state index in [1.165, 1.54) is 6.07 Å². The van der Waals surface area contributed by atoms with Gasteiger partial charge in [0.2, 0.25) is 0 Å². The van der Waals surface area contributed by atoms with E-state index in [1.54, 1.807) is 43.6 Å². The van der Waals surface area contributed by atoms with Crippen molar-refractivity contribution in [3.63, 3.8) is 0 Å². The Morgan fingerprint density at radius 3 is 2.48 bits per heavy atom. The highest BCUT2D eigenvalue weighted by Gasteiger charge is 2.03. The van der Waals surface area contributed by atoms with Crippen molar-refractivity contribution in [2.75, 3.05) is 12.0 Å². The third-order valence-corrected chi connectivity index (χ3v) is 3.63. The zero-order valence-electron chi connectivity index (χ0n) is 15.3. The predicted molar refractivity (Wildman–Crippen MR) is 111 cm³/mol. The number of aromatic amines is 1. The van der Waals surface area contributed by atoms with Gasteiger partial charge < -0.3 is 10.7 Å². The van der Waals surface area contributed by atoms with E-state index in [0.717, 1.165) is 17.1 Å². The van der Waals surface area contributed by atoms with Crippen LogP contribution in [0, 0.1) is 31.0 Å². The molecule has 0 spiro atoms. The molecule has 0 saturated carbocycles. The number of benzene rings is 1. The number of nitrogens with one attached hydrogen (secondary N) is 1. The molecule has 5 nitrogen and oxygen atoms in total. The van der Waals surface area contributed by atoms with Gasteiger partial charge in [0.05, 0.1) is 16.3 Å². The molecular formula is C19H21ClFN5S. The zero-order chi connectivity index (χ0) is 20.4. The molecule has 3 N–H and O–H groups in total. The van der Waals surface area contributed by atoms with Crippen LogP contribution in [0.25, 0.3) is 0 Å². The van der Waals surface area contributed by atoms with Gasteiger partial charge in [-0.25, -0.2) is 14.4 Å². The maximum atomic E-state index is 12.9. The van der Waals surface area contributed by atoms with Crippen molar-refractivity contribution in [3.05, 3.63) is 75.7 Å². The Labute approximate surface area is 168 Å². The van der Waals surface area contributed by atoms with Gasteiger partial charge in [-0.2, -0.15) is 17.9 Å². The molecule has 2 aromatic heterocycles. The lowest BCUT2D eigenvalue weighted by Crippen LogP contribution is -1.93. The fourth-order valence-electron chi connectivity index (χ4n) is 2.10. The fraction of sp³-hybridized carbons (Fsp3) is 0.211. The summed E-state index contributed by atoms with van der Waals surface area (Å²) in [7, 11) is 0. The number of halogens is 2. The van der Waals surface area contributed by atoms with Crippen molar-refractivity contribution >= 4 is 30.0 Å². The number of aryl methyl sites for hydroxylation is 2. The molecule has 0 atom stereocenters. The van der Waals surface area contributed by atoms with Crippen LogP contribution in [0.1, 0.15) is 28.3 Å². The van der Waals surface area contributed by atoms with Gasteiger partial charge in [-0.05, 0) is 49.9 Å². The molecule has 1 aromatic carbocycles. The van der Waals surface area contributed by atoms with E-state index < -0.39 is 5.82 Å². The molecule has 142 valence electrons. The van der Waals surface area contributed by atoms with E-state index in [2.05, 4.69) is 27.6 Å². The Morgan fingerprint density at radius 1 is 1.26 bits per heavy atom. The van der Waals surface area contributed by atoms with Crippen LogP contribution in [0.3, 0.4) is 0 Å². The van der Waals surface area contributed by atoms with E-state index in [1.807, 2.05) is 13.0 Å². The average molecular weight is 406 g/mol. The molecule has 3 rings (SSSR count). The Morgan fingerprint density at radius 2 is 1.96 bits per heavy atom. The number of hydrogen-bond acceptors (Lipinski definition) is 5. The first-order chi connectivity index (χ1) is 12.9. The molecule has 0 aliphatic heterocycles. The van der Waals surface area contributed by atoms with Gasteiger partial charge in [-0.15, -0.1) is 0 Å². The fourth-order valence-corrected chi connectivity index (χ4v) is 2.30. The lowest BCUT2D eigenvalue weighted by molar-refractivity contribution is 0.627. The first-order valence-electron chi connectivity index (χ1n) is 7.91. The number of thiol groups is 1. The Bertz CT molecular complexity index is 921. The van der Waals surface area contributed by atoms with E-state index in [-0.39, 0.29) is 5.02 Å². The Hall–Kier alpha value is -2.56. The van der Waals surface area contributed by atoms with Crippen LogP contribution in [0.5, 0.6) is 0 Å². The standard InChI is InChI=1S/C11H10ClFN2.C7H7N3.CH4S/c1-7-6-14-11(15-7)5-8-2-3-10(13)9(12)4-8;1-5-6(4-8)2-3-7(9)10-5;1-2/h2-4,6H,5H2,1H3,(H,14,15);2-3H,1H3,(H2,9,10);2H,1H3. The summed E-state index contributed by atoms with van der Waals surface area (Å²) in [6, 6.07) is 9.98. The summed E-state index contributed by atoms with van der Waals surface area (Å²) in [5, 5.41) is 8.63. The Kier molecular flexibility index (Phi) is 9.34. The average Bonchev–Trinajstić information content (AvgIpc) is 3.05.